The largest absolute Gasteiger partial charge is 0.360 e. The Morgan fingerprint density at radius 2 is 1.79 bits per heavy atom. The van der Waals surface area contributed by atoms with E-state index in [0.717, 1.165) is 68.5 Å². The molecule has 0 unspecified atom stereocenters. The monoisotopic (exact) mass is 378 g/mol. The molecule has 3 aromatic rings. The van der Waals surface area contributed by atoms with Gasteiger partial charge in [-0.1, -0.05) is 18.2 Å². The first kappa shape index (κ1) is 17.9. The first-order chi connectivity index (χ1) is 13.7. The lowest BCUT2D eigenvalue weighted by Gasteiger charge is -2.32. The van der Waals surface area contributed by atoms with Crippen molar-refractivity contribution in [1.29, 1.82) is 0 Å². The summed E-state index contributed by atoms with van der Waals surface area (Å²) in [6, 6.07) is 9.20. The number of para-hydroxylation sites is 1. The number of aromatic amines is 1. The summed E-state index contributed by atoms with van der Waals surface area (Å²) >= 11 is 0. The maximum Gasteiger partial charge on any atom is 0.183 e. The lowest BCUT2D eigenvalue weighted by molar-refractivity contribution is 0.206. The molecule has 6 nitrogen and oxygen atoms in total. The average Bonchev–Trinajstić information content (AvgIpc) is 3.33. The van der Waals surface area contributed by atoms with Crippen LogP contribution in [0.15, 0.2) is 30.5 Å². The highest BCUT2D eigenvalue weighted by molar-refractivity contribution is 5.93. The number of fused-ring (bicyclic) bond motifs is 1. The Balaban J connectivity index is 1.54. The van der Waals surface area contributed by atoms with E-state index in [0.29, 0.717) is 18.0 Å². The van der Waals surface area contributed by atoms with Gasteiger partial charge in [-0.3, -0.25) is 0 Å². The molecule has 1 aliphatic heterocycles. The Kier molecular flexibility index (Phi) is 4.69. The van der Waals surface area contributed by atoms with Crippen molar-refractivity contribution in [2.45, 2.75) is 56.5 Å². The molecule has 3 heterocycles. The standard InChI is InChI=1S/C22H30N6/c1-27-12-10-17(11-13-27)28-22(15-6-8-16(23)9-7-15)25-21(26-28)19-14-24-20-5-3-2-4-18(19)20/h2-5,14-17,24H,6-13,23H2,1H3. The van der Waals surface area contributed by atoms with Gasteiger partial charge in [-0.05, 0) is 64.7 Å². The van der Waals surface area contributed by atoms with Crippen LogP contribution in [0.25, 0.3) is 22.3 Å². The fourth-order valence-electron chi connectivity index (χ4n) is 4.87. The van der Waals surface area contributed by atoms with Gasteiger partial charge in [0.05, 0.1) is 6.04 Å². The number of nitrogens with two attached hydrogens (primary N) is 1. The topological polar surface area (TPSA) is 75.8 Å². The van der Waals surface area contributed by atoms with E-state index < -0.39 is 0 Å². The first-order valence-electron chi connectivity index (χ1n) is 10.7. The Morgan fingerprint density at radius 1 is 1.04 bits per heavy atom. The highest BCUT2D eigenvalue weighted by atomic mass is 15.4. The van der Waals surface area contributed by atoms with Gasteiger partial charge in [-0.15, -0.1) is 0 Å². The zero-order valence-corrected chi connectivity index (χ0v) is 16.6. The number of rotatable bonds is 3. The summed E-state index contributed by atoms with van der Waals surface area (Å²) in [5, 5.41) is 6.28. The van der Waals surface area contributed by atoms with Gasteiger partial charge in [0.2, 0.25) is 0 Å². The van der Waals surface area contributed by atoms with E-state index in [9.17, 15) is 0 Å². The van der Waals surface area contributed by atoms with Gasteiger partial charge in [0.1, 0.15) is 5.82 Å². The van der Waals surface area contributed by atoms with E-state index in [4.69, 9.17) is 15.8 Å². The molecule has 2 aliphatic rings. The second-order valence-corrected chi connectivity index (χ2v) is 8.63. The molecule has 5 rings (SSSR count). The summed E-state index contributed by atoms with van der Waals surface area (Å²) in [5.41, 5.74) is 8.41. The maximum absolute atomic E-state index is 6.16. The molecule has 1 aliphatic carbocycles. The number of hydrogen-bond acceptors (Lipinski definition) is 4. The van der Waals surface area contributed by atoms with Gasteiger partial charge < -0.3 is 15.6 Å². The van der Waals surface area contributed by atoms with Crippen LogP contribution < -0.4 is 5.73 Å². The van der Waals surface area contributed by atoms with Crippen LogP contribution in [0, 0.1) is 0 Å². The Labute approximate surface area is 166 Å². The van der Waals surface area contributed by atoms with Crippen molar-refractivity contribution in [1.82, 2.24) is 24.6 Å². The summed E-state index contributed by atoms with van der Waals surface area (Å²) in [6.07, 6.45) is 8.78. The molecule has 2 aromatic heterocycles. The van der Waals surface area contributed by atoms with E-state index in [2.05, 4.69) is 52.1 Å². The molecule has 0 bridgehead atoms. The van der Waals surface area contributed by atoms with Gasteiger partial charge in [0, 0.05) is 34.6 Å². The Morgan fingerprint density at radius 3 is 2.57 bits per heavy atom. The van der Waals surface area contributed by atoms with E-state index in [1.54, 1.807) is 0 Å². The van der Waals surface area contributed by atoms with Crippen molar-refractivity contribution >= 4 is 10.9 Å². The first-order valence-corrected chi connectivity index (χ1v) is 10.7. The van der Waals surface area contributed by atoms with Crippen LogP contribution >= 0.6 is 0 Å². The predicted octanol–water partition coefficient (Wildman–Crippen LogP) is 3.68. The highest BCUT2D eigenvalue weighted by Gasteiger charge is 2.30. The van der Waals surface area contributed by atoms with E-state index in [1.807, 2.05) is 0 Å². The quantitative estimate of drug-likeness (QED) is 0.729. The van der Waals surface area contributed by atoms with E-state index >= 15 is 0 Å². The normalized spacial score (nSPS) is 24.8. The van der Waals surface area contributed by atoms with Crippen molar-refractivity contribution in [3.63, 3.8) is 0 Å². The Hall–Kier alpha value is -2.18. The summed E-state index contributed by atoms with van der Waals surface area (Å²) in [6.45, 7) is 2.25. The molecule has 0 spiro atoms. The predicted molar refractivity (Wildman–Crippen MR) is 112 cm³/mol. The number of hydrogen-bond donors (Lipinski definition) is 2. The van der Waals surface area contributed by atoms with Crippen molar-refractivity contribution in [3.8, 4) is 11.4 Å². The molecule has 148 valence electrons. The van der Waals surface area contributed by atoms with Crippen molar-refractivity contribution in [2.24, 2.45) is 5.73 Å². The molecule has 28 heavy (non-hydrogen) atoms. The van der Waals surface area contributed by atoms with Gasteiger partial charge >= 0.3 is 0 Å². The molecule has 0 atom stereocenters. The number of likely N-dealkylation sites (tertiary alicyclic amines) is 1. The SMILES string of the molecule is CN1CCC(n2nc(-c3c[nH]c4ccccc34)nc2C2CCC(N)CC2)CC1. The summed E-state index contributed by atoms with van der Waals surface area (Å²) < 4.78 is 2.28. The zero-order valence-electron chi connectivity index (χ0n) is 16.6. The van der Waals surface area contributed by atoms with Crippen LogP contribution in [-0.4, -0.2) is 50.8 Å². The number of nitrogens with zero attached hydrogens (tertiary/aromatic N) is 4. The summed E-state index contributed by atoms with van der Waals surface area (Å²) in [5.74, 6) is 2.52. The van der Waals surface area contributed by atoms with Crippen LogP contribution in [0.3, 0.4) is 0 Å². The third-order valence-electron chi connectivity index (χ3n) is 6.66. The fraction of sp³-hybridized carbons (Fsp3) is 0.545. The summed E-state index contributed by atoms with van der Waals surface area (Å²) in [7, 11) is 2.21. The molecule has 0 radical (unpaired) electrons. The molecule has 2 fully saturated rings. The van der Waals surface area contributed by atoms with Crippen molar-refractivity contribution < 1.29 is 0 Å². The molecule has 3 N–H and O–H groups in total. The third-order valence-corrected chi connectivity index (χ3v) is 6.66. The number of aromatic nitrogens is 4. The lowest BCUT2D eigenvalue weighted by atomic mass is 9.85. The smallest absolute Gasteiger partial charge is 0.183 e. The minimum absolute atomic E-state index is 0.351. The number of piperidine rings is 1. The minimum Gasteiger partial charge on any atom is -0.360 e. The summed E-state index contributed by atoms with van der Waals surface area (Å²) in [4.78, 5) is 10.9. The molecule has 1 saturated heterocycles. The Bertz CT molecular complexity index is 902. The van der Waals surface area contributed by atoms with Crippen molar-refractivity contribution in [3.05, 3.63) is 36.3 Å². The molecule has 1 aromatic carbocycles. The van der Waals surface area contributed by atoms with Crippen LogP contribution in [-0.2, 0) is 0 Å². The van der Waals surface area contributed by atoms with Gasteiger partial charge in [-0.2, -0.15) is 5.10 Å². The third kappa shape index (κ3) is 3.25. The lowest BCUT2D eigenvalue weighted by Crippen LogP contribution is -2.33. The van der Waals surface area contributed by atoms with Crippen LogP contribution in [0.4, 0.5) is 0 Å². The number of nitrogens with one attached hydrogen (secondary N) is 1. The number of H-pyrrole nitrogens is 1. The second-order valence-electron chi connectivity index (χ2n) is 8.63. The van der Waals surface area contributed by atoms with Crippen LogP contribution in [0.5, 0.6) is 0 Å². The van der Waals surface area contributed by atoms with Gasteiger partial charge in [0.15, 0.2) is 5.82 Å². The van der Waals surface area contributed by atoms with Crippen molar-refractivity contribution in [2.75, 3.05) is 20.1 Å². The average molecular weight is 379 g/mol. The number of benzene rings is 1. The van der Waals surface area contributed by atoms with Crippen LogP contribution in [0.1, 0.15) is 56.3 Å². The second kappa shape index (κ2) is 7.33. The zero-order chi connectivity index (χ0) is 19.1. The van der Waals surface area contributed by atoms with Gasteiger partial charge in [0.25, 0.3) is 0 Å². The maximum atomic E-state index is 6.16. The van der Waals surface area contributed by atoms with Crippen LogP contribution in [0.2, 0.25) is 0 Å². The minimum atomic E-state index is 0.351. The molecular formula is C22H30N6. The van der Waals surface area contributed by atoms with E-state index in [1.165, 1.54) is 11.2 Å². The fourth-order valence-corrected chi connectivity index (χ4v) is 4.87. The molecule has 6 heteroatoms. The van der Waals surface area contributed by atoms with Gasteiger partial charge in [-0.25, -0.2) is 9.67 Å². The molecular weight excluding hydrogens is 348 g/mol. The highest BCUT2D eigenvalue weighted by Crippen LogP contribution is 2.36. The molecule has 0 amide bonds. The van der Waals surface area contributed by atoms with E-state index in [-0.39, 0.29) is 0 Å². The molecule has 1 saturated carbocycles.